The molecular weight excluding hydrogens is 429 g/mol. The van der Waals surface area contributed by atoms with Gasteiger partial charge in [-0.1, -0.05) is 17.7 Å². The lowest BCUT2D eigenvalue weighted by atomic mass is 9.89. The van der Waals surface area contributed by atoms with Crippen LogP contribution in [0.1, 0.15) is 38.3 Å². The van der Waals surface area contributed by atoms with E-state index in [9.17, 15) is 9.18 Å². The van der Waals surface area contributed by atoms with Crippen LogP contribution in [0, 0.1) is 17.7 Å². The predicted octanol–water partition coefficient (Wildman–Crippen LogP) is 4.88. The topological polar surface area (TPSA) is 63.2 Å². The molecule has 2 saturated heterocycles. The summed E-state index contributed by atoms with van der Waals surface area (Å²) >= 11 is 6.44. The molecule has 0 spiro atoms. The minimum Gasteiger partial charge on any atom is -0.382 e. The van der Waals surface area contributed by atoms with Gasteiger partial charge >= 0.3 is 0 Å². The number of ketones is 1. The Labute approximate surface area is 194 Å². The molecule has 4 rings (SSSR count). The molecule has 0 aliphatic carbocycles. The Morgan fingerprint density at radius 3 is 2.81 bits per heavy atom. The van der Waals surface area contributed by atoms with Crippen LogP contribution in [-0.4, -0.2) is 43.1 Å². The van der Waals surface area contributed by atoms with Crippen molar-refractivity contribution in [3.05, 3.63) is 47.0 Å². The number of ether oxygens (including phenoxy) is 1. The van der Waals surface area contributed by atoms with E-state index in [1.807, 2.05) is 6.07 Å². The second-order valence-electron chi connectivity index (χ2n) is 9.01. The van der Waals surface area contributed by atoms with Crippen molar-refractivity contribution in [1.82, 2.24) is 10.3 Å². The van der Waals surface area contributed by atoms with E-state index in [0.29, 0.717) is 34.9 Å². The lowest BCUT2D eigenvalue weighted by Gasteiger charge is -2.26. The molecule has 2 N–H and O–H groups in total. The fourth-order valence-corrected chi connectivity index (χ4v) is 4.64. The van der Waals surface area contributed by atoms with Crippen LogP contribution in [-0.2, 0) is 16.0 Å². The summed E-state index contributed by atoms with van der Waals surface area (Å²) in [6, 6.07) is 7.28. The summed E-state index contributed by atoms with van der Waals surface area (Å²) in [7, 11) is 0. The summed E-state index contributed by atoms with van der Waals surface area (Å²) in [4.78, 5) is 17.1. The zero-order valence-electron chi connectivity index (χ0n) is 18.5. The van der Waals surface area contributed by atoms with Crippen LogP contribution in [0.5, 0.6) is 0 Å². The zero-order chi connectivity index (χ0) is 22.5. The van der Waals surface area contributed by atoms with Crippen molar-refractivity contribution in [2.45, 2.75) is 45.1 Å². The smallest absolute Gasteiger partial charge is 0.146 e. The van der Waals surface area contributed by atoms with Crippen LogP contribution >= 0.6 is 11.6 Å². The molecule has 3 heterocycles. The number of anilines is 1. The molecule has 2 aliphatic heterocycles. The lowest BCUT2D eigenvalue weighted by Crippen LogP contribution is -2.40. The molecular formula is C25H31ClFN3O2. The largest absolute Gasteiger partial charge is 0.382 e. The van der Waals surface area contributed by atoms with Gasteiger partial charge in [0.25, 0.3) is 0 Å². The highest BCUT2D eigenvalue weighted by Gasteiger charge is 2.24. The van der Waals surface area contributed by atoms with E-state index >= 15 is 0 Å². The molecule has 0 saturated carbocycles. The summed E-state index contributed by atoms with van der Waals surface area (Å²) in [6.07, 6.45) is 5.75. The molecule has 0 unspecified atom stereocenters. The quantitative estimate of drug-likeness (QED) is 0.617. The van der Waals surface area contributed by atoms with Crippen LogP contribution in [0.4, 0.5) is 10.1 Å². The van der Waals surface area contributed by atoms with Gasteiger partial charge in [-0.2, -0.15) is 0 Å². The van der Waals surface area contributed by atoms with Gasteiger partial charge in [0, 0.05) is 62.1 Å². The fourth-order valence-electron chi connectivity index (χ4n) is 4.43. The van der Waals surface area contributed by atoms with E-state index in [2.05, 4.69) is 22.5 Å². The van der Waals surface area contributed by atoms with Crippen molar-refractivity contribution in [1.29, 1.82) is 0 Å². The molecule has 2 aliphatic rings. The van der Waals surface area contributed by atoms with Gasteiger partial charge in [-0.05, 0) is 62.3 Å². The van der Waals surface area contributed by atoms with Crippen LogP contribution in [0.15, 0.2) is 30.5 Å². The maximum Gasteiger partial charge on any atom is 0.146 e. The molecule has 2 fully saturated rings. The molecule has 0 bridgehead atoms. The van der Waals surface area contributed by atoms with E-state index in [0.717, 1.165) is 56.6 Å². The minimum absolute atomic E-state index is 0.0268. The van der Waals surface area contributed by atoms with Crippen molar-refractivity contribution in [3.63, 3.8) is 0 Å². The molecule has 1 aromatic carbocycles. The Bertz CT molecular complexity index is 941. The number of piperidine rings is 1. The van der Waals surface area contributed by atoms with E-state index in [-0.39, 0.29) is 23.9 Å². The maximum absolute atomic E-state index is 14.4. The van der Waals surface area contributed by atoms with Crippen LogP contribution in [0.3, 0.4) is 0 Å². The monoisotopic (exact) mass is 459 g/mol. The number of carbonyl (C=O) groups excluding carboxylic acids is 1. The first-order chi connectivity index (χ1) is 15.5. The zero-order valence-corrected chi connectivity index (χ0v) is 19.3. The van der Waals surface area contributed by atoms with Gasteiger partial charge in [-0.15, -0.1) is 0 Å². The highest BCUT2D eigenvalue weighted by atomic mass is 35.5. The maximum atomic E-state index is 14.4. The molecule has 7 heteroatoms. The predicted molar refractivity (Wildman–Crippen MR) is 126 cm³/mol. The van der Waals surface area contributed by atoms with Crippen molar-refractivity contribution < 1.29 is 13.9 Å². The highest BCUT2D eigenvalue weighted by Crippen LogP contribution is 2.31. The third-order valence-electron chi connectivity index (χ3n) is 6.58. The first-order valence-corrected chi connectivity index (χ1v) is 11.9. The number of benzene rings is 1. The van der Waals surface area contributed by atoms with Gasteiger partial charge in [0.2, 0.25) is 0 Å². The fraction of sp³-hybridized carbons (Fsp3) is 0.520. The number of halogens is 2. The molecule has 0 radical (unpaired) electrons. The minimum atomic E-state index is -0.291. The molecule has 172 valence electrons. The summed E-state index contributed by atoms with van der Waals surface area (Å²) in [5, 5.41) is 7.12. The summed E-state index contributed by atoms with van der Waals surface area (Å²) in [6.45, 7) is 5.10. The van der Waals surface area contributed by atoms with Gasteiger partial charge in [0.05, 0.1) is 10.7 Å². The van der Waals surface area contributed by atoms with Gasteiger partial charge in [0.15, 0.2) is 0 Å². The Morgan fingerprint density at radius 2 is 2.06 bits per heavy atom. The average Bonchev–Trinajstić information content (AvgIpc) is 2.81. The Kier molecular flexibility index (Phi) is 7.76. The SMILES string of the molecule is C[C@@H]1CC[C@@H](C(=O)Cc2cc(-c3ccc(F)c(NCC4CCOCC4)c3)c(Cl)cn2)CN1. The van der Waals surface area contributed by atoms with Crippen LogP contribution < -0.4 is 10.6 Å². The van der Waals surface area contributed by atoms with E-state index in [1.54, 1.807) is 18.3 Å². The molecule has 32 heavy (non-hydrogen) atoms. The number of carbonyl (C=O) groups is 1. The van der Waals surface area contributed by atoms with Gasteiger partial charge < -0.3 is 15.4 Å². The molecule has 5 nitrogen and oxygen atoms in total. The van der Waals surface area contributed by atoms with Crippen molar-refractivity contribution >= 4 is 23.1 Å². The second kappa shape index (κ2) is 10.7. The van der Waals surface area contributed by atoms with Crippen molar-refractivity contribution in [2.75, 3.05) is 31.6 Å². The Morgan fingerprint density at radius 1 is 1.25 bits per heavy atom. The number of hydrogen-bond donors (Lipinski definition) is 2. The molecule has 2 atom stereocenters. The van der Waals surface area contributed by atoms with Gasteiger partial charge in [-0.3, -0.25) is 9.78 Å². The Balaban J connectivity index is 1.47. The number of nitrogens with one attached hydrogen (secondary N) is 2. The Hall–Kier alpha value is -2.02. The molecule has 1 aromatic heterocycles. The second-order valence-corrected chi connectivity index (χ2v) is 9.42. The third-order valence-corrected chi connectivity index (χ3v) is 6.88. The molecule has 2 aromatic rings. The van der Waals surface area contributed by atoms with E-state index in [4.69, 9.17) is 16.3 Å². The highest BCUT2D eigenvalue weighted by molar-refractivity contribution is 6.33. The number of aromatic nitrogens is 1. The summed E-state index contributed by atoms with van der Waals surface area (Å²) in [5.74, 6) is 0.411. The van der Waals surface area contributed by atoms with Crippen LogP contribution in [0.25, 0.3) is 11.1 Å². The van der Waals surface area contributed by atoms with Crippen molar-refractivity contribution in [3.8, 4) is 11.1 Å². The van der Waals surface area contributed by atoms with Gasteiger partial charge in [0.1, 0.15) is 11.6 Å². The van der Waals surface area contributed by atoms with Crippen LogP contribution in [0.2, 0.25) is 5.02 Å². The molecule has 0 amide bonds. The number of pyridine rings is 1. The van der Waals surface area contributed by atoms with Gasteiger partial charge in [-0.25, -0.2) is 4.39 Å². The first kappa shape index (κ1) is 23.1. The summed E-state index contributed by atoms with van der Waals surface area (Å²) < 4.78 is 19.8. The lowest BCUT2D eigenvalue weighted by molar-refractivity contribution is -0.122. The van der Waals surface area contributed by atoms with E-state index < -0.39 is 0 Å². The van der Waals surface area contributed by atoms with Crippen molar-refractivity contribution in [2.24, 2.45) is 11.8 Å². The average molecular weight is 460 g/mol. The first-order valence-electron chi connectivity index (χ1n) is 11.5. The van der Waals surface area contributed by atoms with E-state index in [1.165, 1.54) is 6.07 Å². The number of hydrogen-bond acceptors (Lipinski definition) is 5. The summed E-state index contributed by atoms with van der Waals surface area (Å²) in [5.41, 5.74) is 2.71. The number of rotatable bonds is 7. The number of nitrogens with zero attached hydrogens (tertiary/aromatic N) is 1. The number of Topliss-reactive ketones (excluding diaryl/α,β-unsaturated/α-hetero) is 1. The standard InChI is InChI=1S/C25H31ClFN3O2/c1-16-2-3-19(14-28-16)25(31)12-20-11-21(22(26)15-29-20)18-4-5-23(27)24(10-18)30-13-17-6-8-32-9-7-17/h4-5,10-11,15-17,19,28,30H,2-3,6-9,12-14H2,1H3/t16-,19-/m1/s1. The third kappa shape index (κ3) is 5.85. The normalized spacial score (nSPS) is 22.0.